The molecular weight excluding hydrogens is 204 g/mol. The first-order valence-electron chi connectivity index (χ1n) is 4.16. The fraction of sp³-hybridized carbons (Fsp3) is 0.200. The Labute approximate surface area is 84.9 Å². The summed E-state index contributed by atoms with van der Waals surface area (Å²) >= 11 is 0. The monoisotopic (exact) mass is 211 g/mol. The van der Waals surface area contributed by atoms with Gasteiger partial charge in [-0.3, -0.25) is 0 Å². The van der Waals surface area contributed by atoms with E-state index in [9.17, 15) is 13.6 Å². The van der Waals surface area contributed by atoms with E-state index in [0.29, 0.717) is 0 Å². The molecule has 0 spiro atoms. The second kappa shape index (κ2) is 4.51. The molecule has 0 fully saturated rings. The van der Waals surface area contributed by atoms with Crippen molar-refractivity contribution in [3.8, 4) is 6.07 Å². The van der Waals surface area contributed by atoms with Gasteiger partial charge in [0.25, 0.3) is 0 Å². The van der Waals surface area contributed by atoms with E-state index in [1.807, 2.05) is 0 Å². The molecule has 0 saturated carbocycles. The number of carbonyl (C=O) groups is 1. The molecule has 0 aliphatic carbocycles. The Morgan fingerprint density at radius 2 is 2.00 bits per heavy atom. The Kier molecular flexibility index (Phi) is 3.34. The SMILES string of the molecule is CCOC(=O)c1cc(F)c(C#N)c(F)c1. The molecule has 0 N–H and O–H groups in total. The van der Waals surface area contributed by atoms with Gasteiger partial charge in [0.05, 0.1) is 12.2 Å². The molecule has 0 aliphatic heterocycles. The molecule has 5 heteroatoms. The molecule has 0 heterocycles. The quantitative estimate of drug-likeness (QED) is 0.703. The van der Waals surface area contributed by atoms with Crippen molar-refractivity contribution in [2.24, 2.45) is 0 Å². The predicted molar refractivity (Wildman–Crippen MR) is 47.0 cm³/mol. The summed E-state index contributed by atoms with van der Waals surface area (Å²) in [5.74, 6) is -2.96. The number of nitrogens with zero attached hydrogens (tertiary/aromatic N) is 1. The van der Waals surface area contributed by atoms with Gasteiger partial charge < -0.3 is 4.74 Å². The lowest BCUT2D eigenvalue weighted by Crippen LogP contribution is -2.06. The fourth-order valence-corrected chi connectivity index (χ4v) is 1.01. The van der Waals surface area contributed by atoms with E-state index in [-0.39, 0.29) is 12.2 Å². The van der Waals surface area contributed by atoms with Gasteiger partial charge in [0.2, 0.25) is 0 Å². The second-order valence-electron chi connectivity index (χ2n) is 2.65. The third-order valence-electron chi connectivity index (χ3n) is 1.67. The number of carbonyl (C=O) groups excluding carboxylic acids is 1. The van der Waals surface area contributed by atoms with Gasteiger partial charge in [-0.2, -0.15) is 5.26 Å². The first-order valence-corrected chi connectivity index (χ1v) is 4.16. The molecule has 1 rings (SSSR count). The smallest absolute Gasteiger partial charge is 0.338 e. The molecule has 3 nitrogen and oxygen atoms in total. The minimum Gasteiger partial charge on any atom is -0.462 e. The Morgan fingerprint density at radius 3 is 2.40 bits per heavy atom. The molecule has 1 aromatic rings. The molecule has 0 aliphatic rings. The minimum atomic E-state index is -1.07. The Bertz CT molecular complexity index is 415. The molecular formula is C10H7F2NO2. The predicted octanol–water partition coefficient (Wildman–Crippen LogP) is 2.01. The van der Waals surface area contributed by atoms with Crippen LogP contribution in [0.3, 0.4) is 0 Å². The second-order valence-corrected chi connectivity index (χ2v) is 2.65. The van der Waals surface area contributed by atoms with Gasteiger partial charge in [-0.15, -0.1) is 0 Å². The third kappa shape index (κ3) is 2.29. The van der Waals surface area contributed by atoms with E-state index in [0.717, 1.165) is 12.1 Å². The standard InChI is InChI=1S/C10H7F2NO2/c1-2-15-10(14)6-3-8(11)7(5-13)9(12)4-6/h3-4H,2H2,1H3. The van der Waals surface area contributed by atoms with Crippen LogP contribution in [-0.2, 0) is 4.74 Å². The molecule has 0 saturated heterocycles. The summed E-state index contributed by atoms with van der Waals surface area (Å²) in [5.41, 5.74) is -0.950. The van der Waals surface area contributed by atoms with Crippen LogP contribution in [0.15, 0.2) is 12.1 Å². The zero-order valence-electron chi connectivity index (χ0n) is 7.88. The fourth-order valence-electron chi connectivity index (χ4n) is 1.01. The topological polar surface area (TPSA) is 50.1 Å². The van der Waals surface area contributed by atoms with Crippen LogP contribution in [-0.4, -0.2) is 12.6 Å². The summed E-state index contributed by atoms with van der Waals surface area (Å²) in [6.07, 6.45) is 0. The van der Waals surface area contributed by atoms with Crippen molar-refractivity contribution in [3.63, 3.8) is 0 Å². The molecule has 78 valence electrons. The summed E-state index contributed by atoms with van der Waals surface area (Å²) in [6.45, 7) is 1.69. The molecule has 0 bridgehead atoms. The highest BCUT2D eigenvalue weighted by atomic mass is 19.1. The van der Waals surface area contributed by atoms with Gasteiger partial charge in [-0.05, 0) is 19.1 Å². The van der Waals surface area contributed by atoms with Gasteiger partial charge in [0.1, 0.15) is 23.3 Å². The number of benzene rings is 1. The van der Waals surface area contributed by atoms with E-state index in [4.69, 9.17) is 5.26 Å². The molecule has 0 atom stereocenters. The summed E-state index contributed by atoms with van der Waals surface area (Å²) in [5, 5.41) is 8.39. The van der Waals surface area contributed by atoms with E-state index >= 15 is 0 Å². The van der Waals surface area contributed by atoms with Crippen LogP contribution in [0.25, 0.3) is 0 Å². The van der Waals surface area contributed by atoms with Crippen LogP contribution in [0.5, 0.6) is 0 Å². The molecule has 0 unspecified atom stereocenters. The Hall–Kier alpha value is -1.96. The maximum absolute atomic E-state index is 13.0. The van der Waals surface area contributed by atoms with Crippen LogP contribution < -0.4 is 0 Å². The average molecular weight is 211 g/mol. The summed E-state index contributed by atoms with van der Waals surface area (Å²) in [4.78, 5) is 11.1. The largest absolute Gasteiger partial charge is 0.462 e. The molecule has 0 radical (unpaired) electrons. The number of rotatable bonds is 2. The van der Waals surface area contributed by atoms with Crippen molar-refractivity contribution >= 4 is 5.97 Å². The Balaban J connectivity index is 3.15. The highest BCUT2D eigenvalue weighted by Gasteiger charge is 2.15. The molecule has 1 aromatic carbocycles. The van der Waals surface area contributed by atoms with Gasteiger partial charge in [-0.1, -0.05) is 0 Å². The molecule has 0 aromatic heterocycles. The number of ether oxygens (including phenoxy) is 1. The lowest BCUT2D eigenvalue weighted by atomic mass is 10.1. The minimum absolute atomic E-state index is 0.113. The Morgan fingerprint density at radius 1 is 1.47 bits per heavy atom. The van der Waals surface area contributed by atoms with E-state index in [1.54, 1.807) is 6.92 Å². The number of esters is 1. The first kappa shape index (κ1) is 11.1. The zero-order valence-corrected chi connectivity index (χ0v) is 7.88. The first-order chi connectivity index (χ1) is 7.10. The van der Waals surface area contributed by atoms with Crippen LogP contribution >= 0.6 is 0 Å². The summed E-state index contributed by atoms with van der Waals surface area (Å²) in [6, 6.07) is 2.91. The molecule has 0 amide bonds. The summed E-state index contributed by atoms with van der Waals surface area (Å²) < 4.78 is 30.6. The van der Waals surface area contributed by atoms with E-state index in [2.05, 4.69) is 4.74 Å². The van der Waals surface area contributed by atoms with Crippen molar-refractivity contribution in [2.45, 2.75) is 6.92 Å². The van der Waals surface area contributed by atoms with Crippen molar-refractivity contribution in [1.29, 1.82) is 5.26 Å². The van der Waals surface area contributed by atoms with Crippen molar-refractivity contribution < 1.29 is 18.3 Å². The normalized spacial score (nSPS) is 9.47. The van der Waals surface area contributed by atoms with Gasteiger partial charge >= 0.3 is 5.97 Å². The van der Waals surface area contributed by atoms with Crippen molar-refractivity contribution in [1.82, 2.24) is 0 Å². The number of nitriles is 1. The lowest BCUT2D eigenvalue weighted by Gasteiger charge is -2.03. The zero-order chi connectivity index (χ0) is 11.4. The number of hydrogen-bond donors (Lipinski definition) is 0. The van der Waals surface area contributed by atoms with Crippen LogP contribution in [0.2, 0.25) is 0 Å². The van der Waals surface area contributed by atoms with Gasteiger partial charge in [0.15, 0.2) is 0 Å². The van der Waals surface area contributed by atoms with Crippen LogP contribution in [0.4, 0.5) is 8.78 Å². The van der Waals surface area contributed by atoms with E-state index < -0.39 is 23.2 Å². The van der Waals surface area contributed by atoms with E-state index in [1.165, 1.54) is 6.07 Å². The highest BCUT2D eigenvalue weighted by Crippen LogP contribution is 2.15. The summed E-state index contributed by atoms with van der Waals surface area (Å²) in [7, 11) is 0. The molecule has 15 heavy (non-hydrogen) atoms. The maximum Gasteiger partial charge on any atom is 0.338 e. The van der Waals surface area contributed by atoms with Gasteiger partial charge in [0, 0.05) is 0 Å². The van der Waals surface area contributed by atoms with Crippen molar-refractivity contribution in [3.05, 3.63) is 34.9 Å². The highest BCUT2D eigenvalue weighted by molar-refractivity contribution is 5.89. The number of halogens is 2. The maximum atomic E-state index is 13.0. The number of hydrogen-bond acceptors (Lipinski definition) is 3. The van der Waals surface area contributed by atoms with Crippen LogP contribution in [0, 0.1) is 23.0 Å². The third-order valence-corrected chi connectivity index (χ3v) is 1.67. The van der Waals surface area contributed by atoms with Crippen molar-refractivity contribution in [2.75, 3.05) is 6.61 Å². The average Bonchev–Trinajstić information content (AvgIpc) is 2.17. The lowest BCUT2D eigenvalue weighted by molar-refractivity contribution is 0.0525. The van der Waals surface area contributed by atoms with Gasteiger partial charge in [-0.25, -0.2) is 13.6 Å². The van der Waals surface area contributed by atoms with Crippen LogP contribution in [0.1, 0.15) is 22.8 Å².